The smallest absolute Gasteiger partial charge is 0.313 e. The second-order valence-corrected chi connectivity index (χ2v) is 5.41. The number of esters is 1. The summed E-state index contributed by atoms with van der Waals surface area (Å²) in [6.07, 6.45) is 5.66. The van der Waals surface area contributed by atoms with Gasteiger partial charge >= 0.3 is 5.97 Å². The van der Waals surface area contributed by atoms with Crippen LogP contribution in [0.3, 0.4) is 0 Å². The van der Waals surface area contributed by atoms with Gasteiger partial charge in [-0.25, -0.2) is 0 Å². The molecule has 0 aromatic carbocycles. The maximum atomic E-state index is 12.0. The van der Waals surface area contributed by atoms with Crippen molar-refractivity contribution in [1.82, 2.24) is 0 Å². The summed E-state index contributed by atoms with van der Waals surface area (Å²) < 4.78 is 4.96. The zero-order chi connectivity index (χ0) is 12.3. The molecule has 0 spiro atoms. The third-order valence-electron chi connectivity index (χ3n) is 3.39. The summed E-state index contributed by atoms with van der Waals surface area (Å²) in [6.45, 7) is 2.15. The quantitative estimate of drug-likeness (QED) is 0.603. The van der Waals surface area contributed by atoms with E-state index in [0.717, 1.165) is 18.4 Å². The number of methoxy groups -OCH3 is 1. The van der Waals surface area contributed by atoms with Gasteiger partial charge in [0.2, 0.25) is 0 Å². The third-order valence-corrected chi connectivity index (χ3v) is 4.09. The van der Waals surface area contributed by atoms with Crippen molar-refractivity contribution in [3.63, 3.8) is 0 Å². The molecule has 1 aromatic heterocycles. The van der Waals surface area contributed by atoms with Gasteiger partial charge in [-0.2, -0.15) is 11.3 Å². The first kappa shape index (κ1) is 12.4. The highest BCUT2D eigenvalue weighted by atomic mass is 32.1. The minimum Gasteiger partial charge on any atom is -0.469 e. The summed E-state index contributed by atoms with van der Waals surface area (Å²) in [5.74, 6) is 0.0617. The lowest BCUT2D eigenvalue weighted by atomic mass is 9.79. The van der Waals surface area contributed by atoms with Crippen LogP contribution >= 0.6 is 11.3 Å². The van der Waals surface area contributed by atoms with E-state index in [1.807, 2.05) is 11.4 Å². The highest BCUT2D eigenvalue weighted by Crippen LogP contribution is 2.36. The number of hydrogen-bond donors (Lipinski definition) is 0. The van der Waals surface area contributed by atoms with Crippen molar-refractivity contribution in [3.05, 3.63) is 34.0 Å². The van der Waals surface area contributed by atoms with Crippen molar-refractivity contribution in [2.45, 2.75) is 32.1 Å². The van der Waals surface area contributed by atoms with E-state index in [2.05, 4.69) is 18.4 Å². The molecular weight excluding hydrogens is 232 g/mol. The Morgan fingerprint density at radius 1 is 1.59 bits per heavy atom. The highest BCUT2D eigenvalue weighted by Gasteiger charge is 2.30. The molecule has 0 saturated heterocycles. The fourth-order valence-corrected chi connectivity index (χ4v) is 3.25. The van der Waals surface area contributed by atoms with E-state index in [0.29, 0.717) is 5.92 Å². The molecule has 1 heterocycles. The van der Waals surface area contributed by atoms with E-state index in [4.69, 9.17) is 4.74 Å². The Kier molecular flexibility index (Phi) is 4.00. The van der Waals surface area contributed by atoms with Crippen LogP contribution in [0.25, 0.3) is 0 Å². The third kappa shape index (κ3) is 2.78. The van der Waals surface area contributed by atoms with Crippen LogP contribution in [-0.2, 0) is 9.53 Å². The molecule has 0 fully saturated rings. The molecule has 2 nitrogen and oxygen atoms in total. The monoisotopic (exact) mass is 250 g/mol. The molecule has 0 amide bonds. The van der Waals surface area contributed by atoms with E-state index in [-0.39, 0.29) is 11.9 Å². The molecule has 0 unspecified atom stereocenters. The second-order valence-electron chi connectivity index (χ2n) is 4.63. The van der Waals surface area contributed by atoms with Crippen molar-refractivity contribution in [2.75, 3.05) is 7.11 Å². The fraction of sp³-hybridized carbons (Fsp3) is 0.500. The van der Waals surface area contributed by atoms with Crippen LogP contribution in [0.15, 0.2) is 28.5 Å². The number of hydrogen-bond acceptors (Lipinski definition) is 3. The first-order valence-electron chi connectivity index (χ1n) is 5.99. The lowest BCUT2D eigenvalue weighted by molar-refractivity contribution is -0.143. The van der Waals surface area contributed by atoms with Crippen LogP contribution in [0.2, 0.25) is 0 Å². The first-order valence-corrected chi connectivity index (χ1v) is 6.94. The number of allylic oxidation sites excluding steroid dienone is 2. The summed E-state index contributed by atoms with van der Waals surface area (Å²) in [7, 11) is 1.47. The van der Waals surface area contributed by atoms with E-state index >= 15 is 0 Å². The maximum Gasteiger partial charge on any atom is 0.313 e. The standard InChI is InChI=1S/C14H18O2S/c1-10-4-3-5-11(8-10)13(14(15)16-2)12-6-7-17-9-12/h6-9,11,13H,3-5H2,1-2H3/t11-,13-/m1/s1. The average Bonchev–Trinajstić information content (AvgIpc) is 2.83. The predicted octanol–water partition coefficient (Wildman–Crippen LogP) is 3.75. The summed E-state index contributed by atoms with van der Waals surface area (Å²) in [4.78, 5) is 12.0. The molecule has 3 heteroatoms. The molecular formula is C14H18O2S. The molecule has 0 aliphatic heterocycles. The number of carbonyl (C=O) groups is 1. The van der Waals surface area contributed by atoms with Gasteiger partial charge in [-0.3, -0.25) is 4.79 Å². The van der Waals surface area contributed by atoms with Gasteiger partial charge in [-0.1, -0.05) is 11.6 Å². The summed E-state index contributed by atoms with van der Waals surface area (Å²) in [5.41, 5.74) is 2.49. The number of rotatable bonds is 3. The Labute approximate surface area is 106 Å². The molecule has 0 saturated carbocycles. The van der Waals surface area contributed by atoms with Crippen LogP contribution in [0.5, 0.6) is 0 Å². The summed E-state index contributed by atoms with van der Waals surface area (Å²) >= 11 is 1.63. The molecule has 0 radical (unpaired) electrons. The van der Waals surface area contributed by atoms with Crippen molar-refractivity contribution in [3.8, 4) is 0 Å². The minimum atomic E-state index is -0.124. The highest BCUT2D eigenvalue weighted by molar-refractivity contribution is 7.08. The van der Waals surface area contributed by atoms with E-state index in [1.54, 1.807) is 11.3 Å². The van der Waals surface area contributed by atoms with Gasteiger partial charge in [0.25, 0.3) is 0 Å². The van der Waals surface area contributed by atoms with Crippen molar-refractivity contribution < 1.29 is 9.53 Å². The molecule has 17 heavy (non-hydrogen) atoms. The largest absolute Gasteiger partial charge is 0.469 e. The van der Waals surface area contributed by atoms with Crippen LogP contribution in [0.1, 0.15) is 37.7 Å². The van der Waals surface area contributed by atoms with Crippen LogP contribution in [0, 0.1) is 5.92 Å². The topological polar surface area (TPSA) is 26.3 Å². The molecule has 0 N–H and O–H groups in total. The normalized spacial score (nSPS) is 21.8. The second kappa shape index (κ2) is 5.50. The Morgan fingerprint density at radius 2 is 2.41 bits per heavy atom. The van der Waals surface area contributed by atoms with Crippen molar-refractivity contribution in [1.29, 1.82) is 0 Å². The SMILES string of the molecule is COC(=O)[C@@H](c1ccsc1)[C@H]1C=C(C)CCC1. The fourth-order valence-electron chi connectivity index (χ4n) is 2.55. The molecule has 92 valence electrons. The Bertz CT molecular complexity index is 406. The number of carbonyl (C=O) groups excluding carboxylic acids is 1. The lowest BCUT2D eigenvalue weighted by Gasteiger charge is -2.26. The molecule has 1 aliphatic carbocycles. The van der Waals surface area contributed by atoms with E-state index in [9.17, 15) is 4.79 Å². The van der Waals surface area contributed by atoms with Gasteiger partial charge < -0.3 is 4.74 Å². The van der Waals surface area contributed by atoms with Gasteiger partial charge in [0.1, 0.15) is 0 Å². The van der Waals surface area contributed by atoms with Crippen LogP contribution < -0.4 is 0 Å². The zero-order valence-corrected chi connectivity index (χ0v) is 11.1. The molecule has 1 aliphatic rings. The van der Waals surface area contributed by atoms with Crippen molar-refractivity contribution >= 4 is 17.3 Å². The molecule has 2 atom stereocenters. The summed E-state index contributed by atoms with van der Waals surface area (Å²) in [6, 6.07) is 2.03. The Morgan fingerprint density at radius 3 is 3.00 bits per heavy atom. The maximum absolute atomic E-state index is 12.0. The molecule has 0 bridgehead atoms. The van der Waals surface area contributed by atoms with E-state index < -0.39 is 0 Å². The lowest BCUT2D eigenvalue weighted by Crippen LogP contribution is -2.23. The molecule has 2 rings (SSSR count). The van der Waals surface area contributed by atoms with Gasteiger partial charge in [-0.15, -0.1) is 0 Å². The Hall–Kier alpha value is -1.09. The van der Waals surface area contributed by atoms with Crippen molar-refractivity contribution in [2.24, 2.45) is 5.92 Å². The van der Waals surface area contributed by atoms with Crippen LogP contribution in [-0.4, -0.2) is 13.1 Å². The van der Waals surface area contributed by atoms with Gasteiger partial charge in [0.05, 0.1) is 13.0 Å². The van der Waals surface area contributed by atoms with E-state index in [1.165, 1.54) is 19.1 Å². The molecule has 1 aromatic rings. The number of ether oxygens (including phenoxy) is 1. The average molecular weight is 250 g/mol. The number of thiophene rings is 1. The van der Waals surface area contributed by atoms with Gasteiger partial charge in [0.15, 0.2) is 0 Å². The zero-order valence-electron chi connectivity index (χ0n) is 10.3. The minimum absolute atomic E-state index is 0.112. The first-order chi connectivity index (χ1) is 8.22. The van der Waals surface area contributed by atoms with Gasteiger partial charge in [0, 0.05) is 0 Å². The predicted molar refractivity (Wildman–Crippen MR) is 70.2 cm³/mol. The van der Waals surface area contributed by atoms with Crippen LogP contribution in [0.4, 0.5) is 0 Å². The Balaban J connectivity index is 2.27. The van der Waals surface area contributed by atoms with Gasteiger partial charge in [-0.05, 0) is 54.5 Å². The summed E-state index contributed by atoms with van der Waals surface area (Å²) in [5, 5.41) is 4.07.